The van der Waals surface area contributed by atoms with Crippen LogP contribution in [0.4, 0.5) is 5.69 Å². The van der Waals surface area contributed by atoms with Gasteiger partial charge in [-0.2, -0.15) is 0 Å². The van der Waals surface area contributed by atoms with Crippen molar-refractivity contribution in [3.63, 3.8) is 0 Å². The van der Waals surface area contributed by atoms with Crippen molar-refractivity contribution in [2.45, 2.75) is 13.8 Å². The van der Waals surface area contributed by atoms with Crippen LogP contribution < -0.4 is 4.90 Å². The smallest absolute Gasteiger partial charge is 0.306 e. The highest BCUT2D eigenvalue weighted by Crippen LogP contribution is 2.34. The second-order valence-electron chi connectivity index (χ2n) is 5.59. The second kappa shape index (κ2) is 4.78. The normalized spacial score (nSPS) is 17.0. The summed E-state index contributed by atoms with van der Waals surface area (Å²) in [5.41, 5.74) is 3.16. The Morgan fingerprint density at radius 1 is 1.40 bits per heavy atom. The largest absolute Gasteiger partial charge is 0.481 e. The number of pyridine rings is 1. The predicted octanol–water partition coefficient (Wildman–Crippen LogP) is 2.70. The maximum Gasteiger partial charge on any atom is 0.306 e. The summed E-state index contributed by atoms with van der Waals surface area (Å²) < 4.78 is 0. The van der Waals surface area contributed by atoms with Gasteiger partial charge in [0.2, 0.25) is 0 Å². The average molecular weight is 270 g/mol. The number of carboxylic acids is 1. The van der Waals surface area contributed by atoms with Crippen LogP contribution in [0.5, 0.6) is 0 Å². The number of carboxylic acid groups (broad SMARTS) is 1. The molecule has 2 heterocycles. The van der Waals surface area contributed by atoms with E-state index >= 15 is 0 Å². The van der Waals surface area contributed by atoms with E-state index in [0.29, 0.717) is 0 Å². The molecule has 1 atom stereocenters. The molecular weight excluding hydrogens is 252 g/mol. The Morgan fingerprint density at radius 3 is 2.80 bits per heavy atom. The first-order valence-corrected chi connectivity index (χ1v) is 6.90. The first-order valence-electron chi connectivity index (χ1n) is 6.90. The van der Waals surface area contributed by atoms with Crippen LogP contribution in [-0.2, 0) is 4.79 Å². The third kappa shape index (κ3) is 2.11. The number of rotatable bonds is 3. The van der Waals surface area contributed by atoms with E-state index in [1.54, 1.807) is 6.92 Å². The molecule has 1 N–H and O–H groups in total. The van der Waals surface area contributed by atoms with Crippen molar-refractivity contribution in [3.05, 3.63) is 36.0 Å². The number of carbonyl (C=O) groups is 1. The Balaban J connectivity index is 1.88. The lowest BCUT2D eigenvalue weighted by atomic mass is 9.86. The number of aromatic nitrogens is 1. The third-order valence-corrected chi connectivity index (χ3v) is 4.17. The van der Waals surface area contributed by atoms with Gasteiger partial charge in [0.05, 0.1) is 11.4 Å². The molecule has 104 valence electrons. The van der Waals surface area contributed by atoms with E-state index in [9.17, 15) is 4.79 Å². The molecule has 0 saturated carbocycles. The van der Waals surface area contributed by atoms with Crippen LogP contribution in [0.25, 0.3) is 10.9 Å². The molecule has 20 heavy (non-hydrogen) atoms. The van der Waals surface area contributed by atoms with Crippen molar-refractivity contribution in [1.29, 1.82) is 0 Å². The fourth-order valence-electron chi connectivity index (χ4n) is 2.77. The molecule has 0 aliphatic carbocycles. The van der Waals surface area contributed by atoms with Gasteiger partial charge in [-0.1, -0.05) is 25.1 Å². The topological polar surface area (TPSA) is 53.4 Å². The fraction of sp³-hybridized carbons (Fsp3) is 0.375. The minimum atomic E-state index is -0.703. The Labute approximate surface area is 118 Å². The fourth-order valence-corrected chi connectivity index (χ4v) is 2.77. The van der Waals surface area contributed by atoms with Crippen molar-refractivity contribution in [1.82, 2.24) is 4.98 Å². The van der Waals surface area contributed by atoms with Crippen LogP contribution >= 0.6 is 0 Å². The van der Waals surface area contributed by atoms with Crippen molar-refractivity contribution in [3.8, 4) is 0 Å². The number of hydrogen-bond donors (Lipinski definition) is 1. The Bertz CT molecular complexity index is 663. The molecule has 0 amide bonds. The Kier molecular flexibility index (Phi) is 3.08. The summed E-state index contributed by atoms with van der Waals surface area (Å²) in [5.74, 6) is -0.745. The molecule has 4 nitrogen and oxygen atoms in total. The van der Waals surface area contributed by atoms with Gasteiger partial charge in [-0.15, -0.1) is 0 Å². The van der Waals surface area contributed by atoms with Crippen LogP contribution in [0.3, 0.4) is 0 Å². The summed E-state index contributed by atoms with van der Waals surface area (Å²) in [4.78, 5) is 17.8. The standard InChI is InChI=1S/C16H18N2O2/c1-10-7-15(13-5-3-4-6-14(13)17-10)18-8-12(9-18)11(2)16(19)20/h3-7,11-12H,8-9H2,1-2H3,(H,19,20). The number of hydrogen-bond acceptors (Lipinski definition) is 3. The van der Waals surface area contributed by atoms with Gasteiger partial charge < -0.3 is 10.0 Å². The zero-order valence-electron chi connectivity index (χ0n) is 11.7. The molecular formula is C16H18N2O2. The summed E-state index contributed by atoms with van der Waals surface area (Å²) in [6.07, 6.45) is 0. The first kappa shape index (κ1) is 12.9. The van der Waals surface area contributed by atoms with Crippen molar-refractivity contribution in [2.24, 2.45) is 11.8 Å². The van der Waals surface area contributed by atoms with Gasteiger partial charge in [-0.25, -0.2) is 0 Å². The van der Waals surface area contributed by atoms with Crippen LogP contribution in [0.15, 0.2) is 30.3 Å². The minimum absolute atomic E-state index is 0.236. The summed E-state index contributed by atoms with van der Waals surface area (Å²) in [6, 6.07) is 10.2. The molecule has 1 aromatic carbocycles. The van der Waals surface area contributed by atoms with Crippen LogP contribution in [0, 0.1) is 18.8 Å². The number of aryl methyl sites for hydroxylation is 1. The predicted molar refractivity (Wildman–Crippen MR) is 79.0 cm³/mol. The average Bonchev–Trinajstić information content (AvgIpc) is 2.36. The Morgan fingerprint density at radius 2 is 2.10 bits per heavy atom. The van der Waals surface area contributed by atoms with Gasteiger partial charge >= 0.3 is 5.97 Å². The molecule has 3 rings (SSSR count). The van der Waals surface area contributed by atoms with Gasteiger partial charge in [0, 0.05) is 35.8 Å². The van der Waals surface area contributed by atoms with Crippen LogP contribution in [-0.4, -0.2) is 29.1 Å². The van der Waals surface area contributed by atoms with E-state index in [1.165, 1.54) is 5.69 Å². The minimum Gasteiger partial charge on any atom is -0.481 e. The SMILES string of the molecule is Cc1cc(N2CC(C(C)C(=O)O)C2)c2ccccc2n1. The lowest BCUT2D eigenvalue weighted by Gasteiger charge is -2.43. The third-order valence-electron chi connectivity index (χ3n) is 4.17. The molecule has 1 aliphatic rings. The van der Waals surface area contributed by atoms with Crippen LogP contribution in [0.2, 0.25) is 0 Å². The molecule has 1 fully saturated rings. The van der Waals surface area contributed by atoms with E-state index in [2.05, 4.69) is 22.0 Å². The van der Waals surface area contributed by atoms with Crippen molar-refractivity contribution >= 4 is 22.6 Å². The number of nitrogens with zero attached hydrogens (tertiary/aromatic N) is 2. The maximum absolute atomic E-state index is 11.0. The number of fused-ring (bicyclic) bond motifs is 1. The summed E-state index contributed by atoms with van der Waals surface area (Å²) in [5, 5.41) is 10.2. The van der Waals surface area contributed by atoms with Crippen molar-refractivity contribution < 1.29 is 9.90 Å². The molecule has 1 aromatic heterocycles. The first-order chi connectivity index (χ1) is 9.56. The molecule has 1 saturated heterocycles. The zero-order chi connectivity index (χ0) is 14.3. The van der Waals surface area contributed by atoms with E-state index in [-0.39, 0.29) is 11.8 Å². The molecule has 0 spiro atoms. The molecule has 0 bridgehead atoms. The maximum atomic E-state index is 11.0. The number of anilines is 1. The molecule has 4 heteroatoms. The highest BCUT2D eigenvalue weighted by Gasteiger charge is 2.35. The van der Waals surface area contributed by atoms with Gasteiger partial charge in [-0.3, -0.25) is 9.78 Å². The van der Waals surface area contributed by atoms with E-state index < -0.39 is 5.97 Å². The van der Waals surface area contributed by atoms with Gasteiger partial charge in [0.25, 0.3) is 0 Å². The van der Waals surface area contributed by atoms with E-state index in [1.807, 2.05) is 25.1 Å². The van der Waals surface area contributed by atoms with E-state index in [4.69, 9.17) is 5.11 Å². The van der Waals surface area contributed by atoms with Crippen molar-refractivity contribution in [2.75, 3.05) is 18.0 Å². The quantitative estimate of drug-likeness (QED) is 0.931. The highest BCUT2D eigenvalue weighted by molar-refractivity contribution is 5.92. The number of benzene rings is 1. The number of para-hydroxylation sites is 1. The molecule has 1 unspecified atom stereocenters. The molecule has 2 aromatic rings. The Hall–Kier alpha value is -2.10. The summed E-state index contributed by atoms with van der Waals surface area (Å²) in [7, 11) is 0. The van der Waals surface area contributed by atoms with Crippen LogP contribution in [0.1, 0.15) is 12.6 Å². The second-order valence-corrected chi connectivity index (χ2v) is 5.59. The molecule has 0 radical (unpaired) electrons. The lowest BCUT2D eigenvalue weighted by Crippen LogP contribution is -2.51. The van der Waals surface area contributed by atoms with Gasteiger partial charge in [0.1, 0.15) is 0 Å². The monoisotopic (exact) mass is 270 g/mol. The van der Waals surface area contributed by atoms with Gasteiger partial charge in [0.15, 0.2) is 0 Å². The highest BCUT2D eigenvalue weighted by atomic mass is 16.4. The number of aliphatic carboxylic acids is 1. The molecule has 1 aliphatic heterocycles. The summed E-state index contributed by atoms with van der Waals surface area (Å²) >= 11 is 0. The lowest BCUT2D eigenvalue weighted by molar-refractivity contribution is -0.143. The summed E-state index contributed by atoms with van der Waals surface area (Å²) in [6.45, 7) is 5.40. The van der Waals surface area contributed by atoms with Gasteiger partial charge in [-0.05, 0) is 19.1 Å². The zero-order valence-corrected chi connectivity index (χ0v) is 11.7. The van der Waals surface area contributed by atoms with E-state index in [0.717, 1.165) is 29.7 Å².